The van der Waals surface area contributed by atoms with Crippen LogP contribution in [0.4, 0.5) is 11.5 Å². The zero-order valence-electron chi connectivity index (χ0n) is 33.6. The number of nitrogens with zero attached hydrogens (tertiary/aromatic N) is 5. The molecular weight excluding hydrogens is 802 g/mol. The number of amides is 1. The third-order valence-electron chi connectivity index (χ3n) is 13.1. The molecule has 3 fully saturated rings. The summed E-state index contributed by atoms with van der Waals surface area (Å²) in [5, 5.41) is 13.6. The second-order valence-electron chi connectivity index (χ2n) is 16.8. The predicted octanol–water partition coefficient (Wildman–Crippen LogP) is 8.92. The van der Waals surface area contributed by atoms with Gasteiger partial charge in [0, 0.05) is 74.3 Å². The molecule has 60 heavy (non-hydrogen) atoms. The number of nitrogens with one attached hydrogen (secondary N) is 2. The van der Waals surface area contributed by atoms with Gasteiger partial charge in [-0.15, -0.1) is 0 Å². The minimum absolute atomic E-state index is 0.146. The standard InChI is InChI=1S/C45H50ClN7O6S/c46-35-4-2-32(3-5-35)40-27-45(13-1-14-45)15-8-34(40)29-50-18-20-51(21-19-50)36-6-7-39(41(25-36)59-37-24-33-9-16-47-43(33)48-28-37)44(54)49-60(57)38-26-42(53(55)56)52(30-38)17-10-31-11-22-58-23-12-31/h2-7,9,16,24-26,28,30-31H,1,8,10-15,17-23,27,29H2,(H,47,48)(H,49,54). The summed E-state index contributed by atoms with van der Waals surface area (Å²) in [4.78, 5) is 37.9. The van der Waals surface area contributed by atoms with Gasteiger partial charge >= 0.3 is 5.82 Å². The SMILES string of the molecule is O=C(N[S+]([O-])c1cc([N+](=O)[O-])n(CCC2CCOCC2)c1)c1ccc(N2CCN(CC3=C(c4ccc(Cl)cc4)CC4(CCC4)CC3)CC2)cc1Oc1cnc2[nH]ccc2c1. The fourth-order valence-electron chi connectivity index (χ4n) is 9.37. The Morgan fingerprint density at radius 2 is 1.85 bits per heavy atom. The summed E-state index contributed by atoms with van der Waals surface area (Å²) in [7, 11) is 0. The zero-order chi connectivity index (χ0) is 41.2. The Morgan fingerprint density at radius 3 is 2.60 bits per heavy atom. The molecule has 13 nitrogen and oxygen atoms in total. The molecule has 15 heteroatoms. The number of ether oxygens (including phenoxy) is 2. The van der Waals surface area contributed by atoms with E-state index in [0.29, 0.717) is 42.5 Å². The molecule has 2 aliphatic heterocycles. The number of anilines is 1. The van der Waals surface area contributed by atoms with E-state index in [1.54, 1.807) is 24.0 Å². The van der Waals surface area contributed by atoms with E-state index in [-0.39, 0.29) is 22.0 Å². The molecule has 1 amide bonds. The molecule has 0 bridgehead atoms. The highest BCUT2D eigenvalue weighted by atomic mass is 35.5. The van der Waals surface area contributed by atoms with E-state index in [9.17, 15) is 19.5 Å². The molecule has 2 aliphatic carbocycles. The number of halogens is 1. The largest absolute Gasteiger partial charge is 0.588 e. The van der Waals surface area contributed by atoms with Crippen molar-refractivity contribution in [3.63, 3.8) is 0 Å². The molecule has 1 unspecified atom stereocenters. The van der Waals surface area contributed by atoms with Gasteiger partial charge in [-0.3, -0.25) is 9.69 Å². The van der Waals surface area contributed by atoms with Gasteiger partial charge in [-0.05, 0) is 115 Å². The van der Waals surface area contributed by atoms with Gasteiger partial charge in [0.05, 0.1) is 24.4 Å². The molecule has 1 saturated carbocycles. The van der Waals surface area contributed by atoms with E-state index in [1.807, 2.05) is 36.4 Å². The molecule has 0 radical (unpaired) electrons. The molecule has 2 saturated heterocycles. The molecular formula is C45H50ClN7O6S. The van der Waals surface area contributed by atoms with Crippen LogP contribution in [-0.4, -0.2) is 80.8 Å². The maximum atomic E-state index is 13.9. The first-order chi connectivity index (χ1) is 29.2. The number of hydrogen-bond donors (Lipinski definition) is 2. The first-order valence-corrected chi connectivity index (χ1v) is 22.6. The third-order valence-corrected chi connectivity index (χ3v) is 14.3. The summed E-state index contributed by atoms with van der Waals surface area (Å²) in [5.41, 5.74) is 6.60. The van der Waals surface area contributed by atoms with Gasteiger partial charge in [-0.2, -0.15) is 4.72 Å². The highest BCUT2D eigenvalue weighted by molar-refractivity contribution is 7.90. The van der Waals surface area contributed by atoms with Crippen molar-refractivity contribution in [2.75, 3.05) is 50.8 Å². The number of fused-ring (bicyclic) bond motifs is 1. The topological polar surface area (TPSA) is 154 Å². The molecule has 5 aromatic rings. The number of pyridine rings is 1. The maximum absolute atomic E-state index is 13.9. The minimum atomic E-state index is -2.07. The van der Waals surface area contributed by atoms with Crippen molar-refractivity contribution in [2.45, 2.75) is 69.2 Å². The van der Waals surface area contributed by atoms with Crippen LogP contribution in [0, 0.1) is 21.4 Å². The average molecular weight is 852 g/mol. The second kappa shape index (κ2) is 17.6. The first-order valence-electron chi connectivity index (χ1n) is 21.0. The number of aryl methyl sites for hydroxylation is 1. The van der Waals surface area contributed by atoms with Crippen molar-refractivity contribution in [3.8, 4) is 11.5 Å². The number of rotatable bonds is 13. The van der Waals surface area contributed by atoms with Crippen LogP contribution in [0.5, 0.6) is 11.5 Å². The van der Waals surface area contributed by atoms with Crippen LogP contribution in [-0.2, 0) is 22.6 Å². The Hall–Kier alpha value is -4.86. The van der Waals surface area contributed by atoms with Crippen LogP contribution in [0.3, 0.4) is 0 Å². The summed E-state index contributed by atoms with van der Waals surface area (Å²) in [6, 6.07) is 18.8. The van der Waals surface area contributed by atoms with Crippen LogP contribution in [0.25, 0.3) is 16.6 Å². The Kier molecular flexibility index (Phi) is 11.9. The molecule has 2 N–H and O–H groups in total. The van der Waals surface area contributed by atoms with Gasteiger partial charge in [0.2, 0.25) is 4.90 Å². The molecule has 4 aliphatic rings. The van der Waals surface area contributed by atoms with Crippen LogP contribution in [0.2, 0.25) is 5.02 Å². The number of nitro groups is 1. The smallest absolute Gasteiger partial charge is 0.328 e. The summed E-state index contributed by atoms with van der Waals surface area (Å²) < 4.78 is 29.5. The molecule has 2 aromatic carbocycles. The van der Waals surface area contributed by atoms with Crippen molar-refractivity contribution >= 4 is 57.0 Å². The van der Waals surface area contributed by atoms with E-state index in [4.69, 9.17) is 21.1 Å². The Bertz CT molecular complexity index is 2380. The number of carbonyl (C=O) groups is 1. The minimum Gasteiger partial charge on any atom is -0.588 e. The second-order valence-corrected chi connectivity index (χ2v) is 18.4. The van der Waals surface area contributed by atoms with Gasteiger partial charge in [-0.25, -0.2) is 9.55 Å². The summed E-state index contributed by atoms with van der Waals surface area (Å²) >= 11 is 4.21. The Labute approximate surface area is 357 Å². The quantitative estimate of drug-likeness (QED) is 0.0672. The number of allylic oxidation sites excluding steroid dienone is 1. The predicted molar refractivity (Wildman–Crippen MR) is 233 cm³/mol. The van der Waals surface area contributed by atoms with E-state index < -0.39 is 22.2 Å². The van der Waals surface area contributed by atoms with Crippen molar-refractivity contribution in [1.29, 1.82) is 0 Å². The number of piperazine rings is 1. The van der Waals surface area contributed by atoms with Crippen LogP contribution >= 0.6 is 11.6 Å². The molecule has 5 heterocycles. The van der Waals surface area contributed by atoms with Crippen LogP contribution in [0.15, 0.2) is 89.7 Å². The van der Waals surface area contributed by atoms with E-state index in [0.717, 1.165) is 80.9 Å². The van der Waals surface area contributed by atoms with Gasteiger partial charge in [0.15, 0.2) is 0 Å². The lowest BCUT2D eigenvalue weighted by Crippen LogP contribution is -2.47. The zero-order valence-corrected chi connectivity index (χ0v) is 35.1. The lowest BCUT2D eigenvalue weighted by atomic mass is 9.59. The highest BCUT2D eigenvalue weighted by Gasteiger charge is 2.41. The van der Waals surface area contributed by atoms with Crippen LogP contribution in [0.1, 0.15) is 73.7 Å². The summed E-state index contributed by atoms with van der Waals surface area (Å²) in [6.07, 6.45) is 15.0. The number of aromatic nitrogens is 3. The van der Waals surface area contributed by atoms with E-state index >= 15 is 0 Å². The summed E-state index contributed by atoms with van der Waals surface area (Å²) in [5.74, 6) is 0.332. The number of H-pyrrole nitrogens is 1. The monoisotopic (exact) mass is 851 g/mol. The number of aromatic amines is 1. The average Bonchev–Trinajstić information content (AvgIpc) is 3.91. The van der Waals surface area contributed by atoms with Crippen LogP contribution < -0.4 is 14.4 Å². The van der Waals surface area contributed by atoms with Gasteiger partial charge in [0.1, 0.15) is 34.7 Å². The van der Waals surface area contributed by atoms with Crippen molar-refractivity contribution in [3.05, 3.63) is 111 Å². The normalized spacial score (nSPS) is 19.1. The Balaban J connectivity index is 0.911. The molecule has 9 rings (SSSR count). The molecule has 314 valence electrons. The van der Waals surface area contributed by atoms with E-state index in [2.05, 4.69) is 36.6 Å². The highest BCUT2D eigenvalue weighted by Crippen LogP contribution is 2.55. The van der Waals surface area contributed by atoms with Crippen molar-refractivity contribution in [1.82, 2.24) is 24.2 Å². The van der Waals surface area contributed by atoms with Crippen molar-refractivity contribution < 1.29 is 23.7 Å². The fourth-order valence-corrected chi connectivity index (χ4v) is 10.3. The molecule has 1 spiro atoms. The molecule has 3 aromatic heterocycles. The first kappa shape index (κ1) is 40.5. The molecule has 1 atom stereocenters. The number of carbonyl (C=O) groups excluding carboxylic acids is 1. The number of hydrogen-bond acceptors (Lipinski definition) is 9. The lowest BCUT2D eigenvalue weighted by molar-refractivity contribution is -0.392. The van der Waals surface area contributed by atoms with E-state index in [1.165, 1.54) is 53.7 Å². The summed E-state index contributed by atoms with van der Waals surface area (Å²) in [6.45, 7) is 6.09. The van der Waals surface area contributed by atoms with Gasteiger partial charge in [-0.1, -0.05) is 35.7 Å². The van der Waals surface area contributed by atoms with Gasteiger partial charge in [0.25, 0.3) is 5.91 Å². The van der Waals surface area contributed by atoms with Crippen molar-refractivity contribution in [2.24, 2.45) is 11.3 Å². The third kappa shape index (κ3) is 8.94. The van der Waals surface area contributed by atoms with Gasteiger partial charge < -0.3 is 34.0 Å². The lowest BCUT2D eigenvalue weighted by Gasteiger charge is -2.47. The maximum Gasteiger partial charge on any atom is 0.328 e. The number of benzene rings is 2. The Morgan fingerprint density at radius 1 is 1.05 bits per heavy atom. The fraction of sp³-hybridized carbons (Fsp3) is 0.422.